The number of H-pyrrole nitrogens is 2. The van der Waals surface area contributed by atoms with Crippen LogP contribution in [0, 0.1) is 0 Å². The van der Waals surface area contributed by atoms with Gasteiger partial charge in [0.15, 0.2) is 0 Å². The number of hydrogen-bond acceptors (Lipinski definition) is 3. The molecule has 1 unspecified atom stereocenters. The fraction of sp³-hybridized carbons (Fsp3) is 0.583. The Morgan fingerprint density at radius 3 is 2.89 bits per heavy atom. The monoisotopic (exact) mass is 251 g/mol. The zero-order valence-electron chi connectivity index (χ0n) is 10.4. The molecule has 1 aromatic heterocycles. The van der Waals surface area contributed by atoms with Gasteiger partial charge in [-0.15, -0.1) is 0 Å². The quantitative estimate of drug-likeness (QED) is 0.801. The fourth-order valence-corrected chi connectivity index (χ4v) is 2.42. The molecular weight excluding hydrogens is 234 g/mol. The molecule has 98 valence electrons. The normalized spacial score (nSPS) is 19.8. The second kappa shape index (κ2) is 5.20. The van der Waals surface area contributed by atoms with Gasteiger partial charge in [-0.3, -0.25) is 14.6 Å². The van der Waals surface area contributed by atoms with E-state index in [4.69, 9.17) is 0 Å². The van der Waals surface area contributed by atoms with Gasteiger partial charge in [0.2, 0.25) is 0 Å². The van der Waals surface area contributed by atoms with Crippen molar-refractivity contribution in [3.05, 3.63) is 32.6 Å². The maximum absolute atomic E-state index is 12.3. The maximum Gasteiger partial charge on any atom is 0.325 e. The van der Waals surface area contributed by atoms with Gasteiger partial charge in [-0.2, -0.15) is 0 Å². The van der Waals surface area contributed by atoms with Crippen LogP contribution in [0.25, 0.3) is 0 Å². The molecule has 6 heteroatoms. The van der Waals surface area contributed by atoms with Crippen LogP contribution in [0.3, 0.4) is 0 Å². The molecule has 0 aliphatic carbocycles. The summed E-state index contributed by atoms with van der Waals surface area (Å²) >= 11 is 0. The van der Waals surface area contributed by atoms with Crippen molar-refractivity contribution in [3.8, 4) is 0 Å². The van der Waals surface area contributed by atoms with E-state index in [0.717, 1.165) is 25.7 Å². The van der Waals surface area contributed by atoms with Crippen molar-refractivity contribution in [3.63, 3.8) is 0 Å². The van der Waals surface area contributed by atoms with E-state index in [0.29, 0.717) is 6.54 Å². The van der Waals surface area contributed by atoms with Crippen LogP contribution in [-0.4, -0.2) is 33.4 Å². The van der Waals surface area contributed by atoms with E-state index in [9.17, 15) is 14.4 Å². The van der Waals surface area contributed by atoms with Crippen molar-refractivity contribution >= 4 is 5.91 Å². The summed E-state index contributed by atoms with van der Waals surface area (Å²) in [5.74, 6) is -0.293. The number of likely N-dealkylation sites (tertiary alicyclic amines) is 1. The van der Waals surface area contributed by atoms with Crippen LogP contribution in [0.1, 0.15) is 43.0 Å². The second-order valence-corrected chi connectivity index (χ2v) is 4.54. The summed E-state index contributed by atoms with van der Waals surface area (Å²) in [5, 5.41) is 0. The molecule has 2 heterocycles. The van der Waals surface area contributed by atoms with Crippen molar-refractivity contribution in [1.82, 2.24) is 14.9 Å². The molecule has 0 bridgehead atoms. The number of nitrogens with zero attached hydrogens (tertiary/aromatic N) is 1. The van der Waals surface area contributed by atoms with Crippen molar-refractivity contribution in [1.29, 1.82) is 0 Å². The Labute approximate surface area is 104 Å². The number of piperidine rings is 1. The van der Waals surface area contributed by atoms with Gasteiger partial charge in [0.05, 0.1) is 0 Å². The van der Waals surface area contributed by atoms with E-state index in [1.807, 2.05) is 6.92 Å². The van der Waals surface area contributed by atoms with Crippen LogP contribution in [0.4, 0.5) is 0 Å². The third-order valence-corrected chi connectivity index (χ3v) is 3.41. The van der Waals surface area contributed by atoms with E-state index in [2.05, 4.69) is 9.97 Å². The molecule has 0 saturated carbocycles. The van der Waals surface area contributed by atoms with Gasteiger partial charge in [-0.1, -0.05) is 6.92 Å². The number of aromatic nitrogens is 2. The lowest BCUT2D eigenvalue weighted by molar-refractivity contribution is 0.0605. The number of carbonyl (C=O) groups excluding carboxylic acids is 1. The SMILES string of the molecule is CCC1CCCCN1C(=O)c1c[nH]c(=O)[nH]c1=O. The number of nitrogens with one attached hydrogen (secondary N) is 2. The predicted octanol–water partition coefficient (Wildman–Crippen LogP) is 0.468. The molecule has 0 aromatic carbocycles. The van der Waals surface area contributed by atoms with Crippen molar-refractivity contribution in [2.75, 3.05) is 6.54 Å². The van der Waals surface area contributed by atoms with Gasteiger partial charge in [-0.25, -0.2) is 4.79 Å². The predicted molar refractivity (Wildman–Crippen MR) is 66.6 cm³/mol. The summed E-state index contributed by atoms with van der Waals surface area (Å²) in [5.41, 5.74) is -1.21. The van der Waals surface area contributed by atoms with E-state index >= 15 is 0 Å². The highest BCUT2D eigenvalue weighted by atomic mass is 16.2. The number of rotatable bonds is 2. The third kappa shape index (κ3) is 2.37. The minimum absolute atomic E-state index is 0.00921. The minimum atomic E-state index is -0.621. The van der Waals surface area contributed by atoms with Gasteiger partial charge in [0, 0.05) is 18.8 Å². The zero-order valence-corrected chi connectivity index (χ0v) is 10.4. The molecule has 1 aliphatic heterocycles. The van der Waals surface area contributed by atoms with Crippen molar-refractivity contribution in [2.45, 2.75) is 38.6 Å². The zero-order chi connectivity index (χ0) is 13.1. The van der Waals surface area contributed by atoms with E-state index in [1.54, 1.807) is 4.90 Å². The van der Waals surface area contributed by atoms with Crippen LogP contribution in [0.5, 0.6) is 0 Å². The van der Waals surface area contributed by atoms with Crippen LogP contribution in [0.2, 0.25) is 0 Å². The molecule has 1 atom stereocenters. The summed E-state index contributed by atoms with van der Waals surface area (Å²) < 4.78 is 0. The largest absolute Gasteiger partial charge is 0.335 e. The van der Waals surface area contributed by atoms with Crippen molar-refractivity contribution in [2.24, 2.45) is 0 Å². The maximum atomic E-state index is 12.3. The highest BCUT2D eigenvalue weighted by molar-refractivity contribution is 5.93. The topological polar surface area (TPSA) is 86.0 Å². The Morgan fingerprint density at radius 1 is 1.44 bits per heavy atom. The fourth-order valence-electron chi connectivity index (χ4n) is 2.42. The molecule has 1 fully saturated rings. The third-order valence-electron chi connectivity index (χ3n) is 3.41. The van der Waals surface area contributed by atoms with Crippen LogP contribution >= 0.6 is 0 Å². The summed E-state index contributed by atoms with van der Waals surface area (Å²) in [4.78, 5) is 41.0. The van der Waals surface area contributed by atoms with Gasteiger partial charge >= 0.3 is 5.69 Å². The summed E-state index contributed by atoms with van der Waals surface area (Å²) in [6.45, 7) is 2.71. The molecule has 2 N–H and O–H groups in total. The number of carbonyl (C=O) groups is 1. The van der Waals surface area contributed by atoms with Gasteiger partial charge in [0.1, 0.15) is 5.56 Å². The summed E-state index contributed by atoms with van der Waals surface area (Å²) in [6.07, 6.45) is 5.13. The number of amides is 1. The first-order valence-electron chi connectivity index (χ1n) is 6.26. The van der Waals surface area contributed by atoms with Gasteiger partial charge in [0.25, 0.3) is 11.5 Å². The average Bonchev–Trinajstić information content (AvgIpc) is 2.38. The van der Waals surface area contributed by atoms with Crippen LogP contribution in [0.15, 0.2) is 15.8 Å². The first-order chi connectivity index (χ1) is 8.63. The standard InChI is InChI=1S/C12H17N3O3/c1-2-8-5-3-4-6-15(8)11(17)9-7-13-12(18)14-10(9)16/h7-8H,2-6H2,1H3,(H2,13,14,16,18). The summed E-state index contributed by atoms with van der Waals surface area (Å²) in [6, 6.07) is 0.192. The lowest BCUT2D eigenvalue weighted by Gasteiger charge is -2.35. The Hall–Kier alpha value is -1.85. The second-order valence-electron chi connectivity index (χ2n) is 4.54. The molecule has 1 saturated heterocycles. The Bertz CT molecular complexity index is 546. The minimum Gasteiger partial charge on any atom is -0.335 e. The van der Waals surface area contributed by atoms with E-state index in [1.165, 1.54) is 6.20 Å². The molecule has 2 rings (SSSR count). The number of hydrogen-bond donors (Lipinski definition) is 2. The average molecular weight is 251 g/mol. The smallest absolute Gasteiger partial charge is 0.325 e. The molecule has 1 amide bonds. The number of aromatic amines is 2. The lowest BCUT2D eigenvalue weighted by atomic mass is 9.99. The first kappa shape index (κ1) is 12.6. The molecular formula is C12H17N3O3. The van der Waals surface area contributed by atoms with Crippen LogP contribution < -0.4 is 11.2 Å². The molecule has 0 spiro atoms. The highest BCUT2D eigenvalue weighted by Crippen LogP contribution is 2.20. The first-order valence-corrected chi connectivity index (χ1v) is 6.26. The molecule has 18 heavy (non-hydrogen) atoms. The lowest BCUT2D eigenvalue weighted by Crippen LogP contribution is -2.45. The molecule has 0 radical (unpaired) electrons. The molecule has 1 aliphatic rings. The summed E-state index contributed by atoms with van der Waals surface area (Å²) in [7, 11) is 0. The van der Waals surface area contributed by atoms with Crippen LogP contribution in [-0.2, 0) is 0 Å². The van der Waals surface area contributed by atoms with E-state index in [-0.39, 0.29) is 17.5 Å². The Balaban J connectivity index is 2.29. The molecule has 6 nitrogen and oxygen atoms in total. The van der Waals surface area contributed by atoms with Gasteiger partial charge < -0.3 is 9.88 Å². The Kier molecular flexibility index (Phi) is 3.64. The van der Waals surface area contributed by atoms with Crippen molar-refractivity contribution < 1.29 is 4.79 Å². The molecule has 1 aromatic rings. The highest BCUT2D eigenvalue weighted by Gasteiger charge is 2.27. The Morgan fingerprint density at radius 2 is 2.22 bits per heavy atom. The van der Waals surface area contributed by atoms with Gasteiger partial charge in [-0.05, 0) is 25.7 Å². The van der Waals surface area contributed by atoms with E-state index < -0.39 is 11.2 Å².